The fourth-order valence-electron chi connectivity index (χ4n) is 7.76. The summed E-state index contributed by atoms with van der Waals surface area (Å²) in [5, 5.41) is 9.43. The standard InChI is InChI=1S/C37H47BrN4O4S/c1-5-20-40(25-26-14-10-9-11-15-26)34(44)30-31-35(45)42(22-12-13-23-43)33(37(31)24-29(38)32(30)47-37)36(46)41(21-6-2)28-18-16-27(17-19-28)39(7-3)8-4/h5-6,9-11,14-19,29-33,43H,1-2,7-8,12-13,20-25H2,3-4H3/t29?,30-,31+,32-,33?,37?/m1/s1. The van der Waals surface area contributed by atoms with Crippen LogP contribution in [0.2, 0.25) is 0 Å². The summed E-state index contributed by atoms with van der Waals surface area (Å²) in [6.07, 6.45) is 5.14. The summed E-state index contributed by atoms with van der Waals surface area (Å²) in [5.41, 5.74) is 2.83. The molecule has 252 valence electrons. The van der Waals surface area contributed by atoms with Crippen molar-refractivity contribution in [1.29, 1.82) is 0 Å². The van der Waals surface area contributed by atoms with E-state index in [4.69, 9.17) is 0 Å². The van der Waals surface area contributed by atoms with Crippen molar-refractivity contribution in [2.75, 3.05) is 49.1 Å². The predicted octanol–water partition coefficient (Wildman–Crippen LogP) is 5.50. The molecule has 3 aliphatic rings. The minimum Gasteiger partial charge on any atom is -0.396 e. The van der Waals surface area contributed by atoms with Gasteiger partial charge < -0.3 is 24.7 Å². The molecule has 8 nitrogen and oxygen atoms in total. The summed E-state index contributed by atoms with van der Waals surface area (Å²) < 4.78 is -0.764. The topological polar surface area (TPSA) is 84.4 Å². The first kappa shape index (κ1) is 35.2. The molecule has 3 amide bonds. The number of thioether (sulfide) groups is 1. The molecule has 2 aromatic carbocycles. The third kappa shape index (κ3) is 6.65. The van der Waals surface area contributed by atoms with Crippen molar-refractivity contribution in [1.82, 2.24) is 9.80 Å². The quantitative estimate of drug-likeness (QED) is 0.140. The van der Waals surface area contributed by atoms with Crippen LogP contribution in [0.5, 0.6) is 0 Å². The number of benzene rings is 2. The Kier molecular flexibility index (Phi) is 11.6. The highest BCUT2D eigenvalue weighted by Crippen LogP contribution is 2.68. The lowest BCUT2D eigenvalue weighted by atomic mass is 9.70. The number of hydrogen-bond acceptors (Lipinski definition) is 6. The van der Waals surface area contributed by atoms with Crippen LogP contribution in [0.1, 0.15) is 38.7 Å². The molecule has 3 fully saturated rings. The summed E-state index contributed by atoms with van der Waals surface area (Å²) in [6, 6.07) is 17.1. The zero-order chi connectivity index (χ0) is 33.7. The smallest absolute Gasteiger partial charge is 0.251 e. The molecule has 3 aliphatic heterocycles. The highest BCUT2D eigenvalue weighted by atomic mass is 79.9. The number of amides is 3. The number of aliphatic hydroxyl groups is 1. The molecule has 2 aromatic rings. The van der Waals surface area contributed by atoms with Gasteiger partial charge in [-0.05, 0) is 62.9 Å². The van der Waals surface area contributed by atoms with Crippen molar-refractivity contribution in [2.24, 2.45) is 11.8 Å². The number of carbonyl (C=O) groups is 3. The van der Waals surface area contributed by atoms with Crippen LogP contribution in [0.3, 0.4) is 0 Å². The number of carbonyl (C=O) groups excluding carboxylic acids is 3. The van der Waals surface area contributed by atoms with Crippen LogP contribution in [0, 0.1) is 11.8 Å². The van der Waals surface area contributed by atoms with Gasteiger partial charge in [0.1, 0.15) is 6.04 Å². The van der Waals surface area contributed by atoms with Crippen molar-refractivity contribution >= 4 is 56.8 Å². The van der Waals surface area contributed by atoms with E-state index in [0.717, 1.165) is 30.0 Å². The molecule has 1 spiro atoms. The highest BCUT2D eigenvalue weighted by Gasteiger charge is 2.76. The Morgan fingerprint density at radius 3 is 2.28 bits per heavy atom. The van der Waals surface area contributed by atoms with Crippen molar-refractivity contribution in [3.05, 3.63) is 85.5 Å². The monoisotopic (exact) mass is 722 g/mol. The van der Waals surface area contributed by atoms with E-state index in [9.17, 15) is 19.5 Å². The minimum absolute atomic E-state index is 0.00803. The number of alkyl halides is 1. The molecule has 0 radical (unpaired) electrons. The molecule has 3 heterocycles. The van der Waals surface area contributed by atoms with E-state index < -0.39 is 22.6 Å². The summed E-state index contributed by atoms with van der Waals surface area (Å²) >= 11 is 5.55. The third-order valence-corrected chi connectivity index (χ3v) is 13.1. The van der Waals surface area contributed by atoms with Gasteiger partial charge in [0.2, 0.25) is 11.8 Å². The molecule has 1 N–H and O–H groups in total. The SMILES string of the molecule is C=CCN(Cc1ccccc1)C(=O)[C@H]1[C@@H]2SC3(CC2Br)C(C(=O)N(CC=C)c2ccc(N(CC)CC)cc2)N(CCCCO)C(=O)[C@H]13. The summed E-state index contributed by atoms with van der Waals surface area (Å²) in [5.74, 6) is -1.57. The molecular weight excluding hydrogens is 676 g/mol. The Bertz CT molecular complexity index is 1440. The number of halogens is 1. The number of rotatable bonds is 16. The first-order chi connectivity index (χ1) is 22.8. The van der Waals surface area contributed by atoms with Crippen LogP contribution in [-0.2, 0) is 20.9 Å². The predicted molar refractivity (Wildman–Crippen MR) is 195 cm³/mol. The molecule has 3 unspecified atom stereocenters. The second-order valence-corrected chi connectivity index (χ2v) is 15.3. The molecule has 2 bridgehead atoms. The number of likely N-dealkylation sites (tertiary alicyclic amines) is 1. The lowest BCUT2D eigenvalue weighted by molar-refractivity contribution is -0.144. The maximum atomic E-state index is 14.9. The fraction of sp³-hybridized carbons (Fsp3) is 0.486. The van der Waals surface area contributed by atoms with E-state index in [0.29, 0.717) is 38.9 Å². The summed E-state index contributed by atoms with van der Waals surface area (Å²) in [6.45, 7) is 15.3. The highest BCUT2D eigenvalue weighted by molar-refractivity contribution is 9.09. The van der Waals surface area contributed by atoms with Crippen molar-refractivity contribution in [3.8, 4) is 0 Å². The lowest BCUT2D eigenvalue weighted by Gasteiger charge is -2.38. The van der Waals surface area contributed by atoms with Gasteiger partial charge in [-0.2, -0.15) is 0 Å². The van der Waals surface area contributed by atoms with Gasteiger partial charge in [-0.25, -0.2) is 0 Å². The first-order valence-electron chi connectivity index (χ1n) is 16.7. The fourth-order valence-corrected chi connectivity index (χ4v) is 11.4. The van der Waals surface area contributed by atoms with E-state index in [-0.39, 0.29) is 41.0 Å². The van der Waals surface area contributed by atoms with E-state index in [2.05, 4.69) is 47.8 Å². The number of hydrogen-bond donors (Lipinski definition) is 1. The van der Waals surface area contributed by atoms with Crippen LogP contribution in [0.25, 0.3) is 0 Å². The number of unbranched alkanes of at least 4 members (excludes halogenated alkanes) is 1. The van der Waals surface area contributed by atoms with Crippen LogP contribution in [-0.4, -0.2) is 92.8 Å². The molecular formula is C37H47BrN4O4S. The number of anilines is 2. The maximum Gasteiger partial charge on any atom is 0.251 e. The number of aliphatic hydroxyl groups excluding tert-OH is 1. The Labute approximate surface area is 292 Å². The molecule has 6 atom stereocenters. The van der Waals surface area contributed by atoms with Gasteiger partial charge in [0.05, 0.1) is 16.6 Å². The summed E-state index contributed by atoms with van der Waals surface area (Å²) in [4.78, 5) is 51.5. The normalized spacial score (nSPS) is 25.8. The van der Waals surface area contributed by atoms with Crippen LogP contribution in [0.15, 0.2) is 79.9 Å². The van der Waals surface area contributed by atoms with Gasteiger partial charge in [-0.1, -0.05) is 58.4 Å². The van der Waals surface area contributed by atoms with Crippen molar-refractivity contribution < 1.29 is 19.5 Å². The average molecular weight is 724 g/mol. The maximum absolute atomic E-state index is 14.9. The van der Waals surface area contributed by atoms with Gasteiger partial charge in [-0.3, -0.25) is 14.4 Å². The molecule has 5 rings (SSSR count). The molecule has 10 heteroatoms. The van der Waals surface area contributed by atoms with E-state index in [1.807, 2.05) is 54.6 Å². The molecule has 0 aliphatic carbocycles. The van der Waals surface area contributed by atoms with E-state index in [1.54, 1.807) is 38.6 Å². The van der Waals surface area contributed by atoms with Crippen LogP contribution < -0.4 is 9.80 Å². The van der Waals surface area contributed by atoms with E-state index >= 15 is 0 Å². The molecule has 3 saturated heterocycles. The van der Waals surface area contributed by atoms with Gasteiger partial charge in [-0.15, -0.1) is 24.9 Å². The molecule has 0 aromatic heterocycles. The van der Waals surface area contributed by atoms with Crippen molar-refractivity contribution in [2.45, 2.75) is 60.5 Å². The van der Waals surface area contributed by atoms with Crippen LogP contribution >= 0.6 is 27.7 Å². The van der Waals surface area contributed by atoms with Gasteiger partial charge in [0, 0.05) is 67.3 Å². The Hall–Kier alpha value is -3.08. The van der Waals surface area contributed by atoms with Crippen LogP contribution in [0.4, 0.5) is 11.4 Å². The average Bonchev–Trinajstić information content (AvgIpc) is 3.67. The second-order valence-electron chi connectivity index (χ2n) is 12.5. The third-order valence-electron chi connectivity index (χ3n) is 9.86. The second kappa shape index (κ2) is 15.4. The minimum atomic E-state index is -0.764. The zero-order valence-corrected chi connectivity index (χ0v) is 29.9. The Balaban J connectivity index is 1.52. The molecule has 0 saturated carbocycles. The van der Waals surface area contributed by atoms with Gasteiger partial charge in [0.15, 0.2) is 0 Å². The van der Waals surface area contributed by atoms with Crippen molar-refractivity contribution in [3.63, 3.8) is 0 Å². The Morgan fingerprint density at radius 2 is 1.66 bits per heavy atom. The largest absolute Gasteiger partial charge is 0.396 e. The Morgan fingerprint density at radius 1 is 1.00 bits per heavy atom. The number of nitrogens with zero attached hydrogens (tertiary/aromatic N) is 4. The zero-order valence-electron chi connectivity index (χ0n) is 27.5. The van der Waals surface area contributed by atoms with Gasteiger partial charge in [0.25, 0.3) is 5.91 Å². The summed E-state index contributed by atoms with van der Waals surface area (Å²) in [7, 11) is 0. The van der Waals surface area contributed by atoms with Gasteiger partial charge >= 0.3 is 0 Å². The first-order valence-corrected chi connectivity index (χ1v) is 18.5. The lowest BCUT2D eigenvalue weighted by Crippen LogP contribution is -2.56. The number of fused-ring (bicyclic) bond motifs is 1. The van der Waals surface area contributed by atoms with E-state index in [1.165, 1.54) is 0 Å². The molecule has 47 heavy (non-hydrogen) atoms.